The second-order valence-electron chi connectivity index (χ2n) is 8.35. The van der Waals surface area contributed by atoms with Gasteiger partial charge < -0.3 is 29.0 Å². The van der Waals surface area contributed by atoms with Crippen LogP contribution in [-0.4, -0.2) is 56.2 Å². The van der Waals surface area contributed by atoms with Crippen molar-refractivity contribution in [1.29, 1.82) is 0 Å². The maximum atomic E-state index is 13.3. The summed E-state index contributed by atoms with van der Waals surface area (Å²) in [6, 6.07) is 8.13. The van der Waals surface area contributed by atoms with Crippen LogP contribution in [0.25, 0.3) is 0 Å². The van der Waals surface area contributed by atoms with E-state index in [0.29, 0.717) is 34.1 Å². The summed E-state index contributed by atoms with van der Waals surface area (Å²) < 4.78 is 61.4. The highest BCUT2D eigenvalue weighted by molar-refractivity contribution is 5.78. The molecule has 2 aromatic rings. The minimum Gasteiger partial charge on any atom is -0.507 e. The third-order valence-electron chi connectivity index (χ3n) is 6.31. The first-order chi connectivity index (χ1) is 16.2. The highest BCUT2D eigenvalue weighted by atomic mass is 19.4. The Hall–Kier alpha value is -3.30. The first-order valence-corrected chi connectivity index (χ1v) is 10.9. The van der Waals surface area contributed by atoms with E-state index >= 15 is 0 Å². The molecule has 34 heavy (non-hydrogen) atoms. The molecule has 2 aliphatic heterocycles. The summed E-state index contributed by atoms with van der Waals surface area (Å²) in [7, 11) is 2.87. The lowest BCUT2D eigenvalue weighted by Crippen LogP contribution is -2.45. The van der Waals surface area contributed by atoms with Crippen LogP contribution in [0.15, 0.2) is 30.3 Å². The van der Waals surface area contributed by atoms with E-state index < -0.39 is 23.9 Å². The molecule has 2 unspecified atom stereocenters. The largest absolute Gasteiger partial charge is 0.507 e. The van der Waals surface area contributed by atoms with Crippen LogP contribution >= 0.6 is 0 Å². The SMILES string of the molecule is COc1cc(O)c(C(CC(=O)N2CCCC(C(F)(F)F)C2)c2ccc3c(c2)OCO3)c(OC)c1. The number of halogens is 3. The number of nitrogens with zero attached hydrogens (tertiary/aromatic N) is 1. The number of alkyl halides is 3. The molecule has 2 atom stereocenters. The summed E-state index contributed by atoms with van der Waals surface area (Å²) in [5.41, 5.74) is 0.959. The van der Waals surface area contributed by atoms with Crippen molar-refractivity contribution < 1.29 is 42.0 Å². The van der Waals surface area contributed by atoms with Crippen LogP contribution in [0, 0.1) is 5.92 Å². The summed E-state index contributed by atoms with van der Waals surface area (Å²) >= 11 is 0. The van der Waals surface area contributed by atoms with E-state index in [2.05, 4.69) is 0 Å². The van der Waals surface area contributed by atoms with Gasteiger partial charge in [0.15, 0.2) is 11.5 Å². The summed E-state index contributed by atoms with van der Waals surface area (Å²) in [5, 5.41) is 10.8. The van der Waals surface area contributed by atoms with Crippen molar-refractivity contribution in [1.82, 2.24) is 4.90 Å². The summed E-state index contributed by atoms with van der Waals surface area (Å²) in [6.45, 7) is -0.0565. The predicted molar refractivity (Wildman–Crippen MR) is 116 cm³/mol. The number of carbonyl (C=O) groups is 1. The molecule has 0 saturated carbocycles. The number of likely N-dealkylation sites (tertiary alicyclic amines) is 1. The van der Waals surface area contributed by atoms with Gasteiger partial charge in [-0.05, 0) is 30.5 Å². The number of amides is 1. The lowest BCUT2D eigenvalue weighted by Gasteiger charge is -2.34. The van der Waals surface area contributed by atoms with Crippen molar-refractivity contribution in [3.05, 3.63) is 41.5 Å². The molecule has 0 radical (unpaired) electrons. The number of hydrogen-bond acceptors (Lipinski definition) is 6. The van der Waals surface area contributed by atoms with E-state index in [4.69, 9.17) is 18.9 Å². The summed E-state index contributed by atoms with van der Waals surface area (Å²) in [6.07, 6.45) is -4.23. The van der Waals surface area contributed by atoms with Gasteiger partial charge in [0, 0.05) is 43.1 Å². The van der Waals surface area contributed by atoms with Crippen molar-refractivity contribution in [2.75, 3.05) is 34.1 Å². The van der Waals surface area contributed by atoms with Crippen molar-refractivity contribution >= 4 is 5.91 Å². The van der Waals surface area contributed by atoms with E-state index in [1.54, 1.807) is 24.3 Å². The number of piperidine rings is 1. The molecule has 2 heterocycles. The molecular weight excluding hydrogens is 455 g/mol. The van der Waals surface area contributed by atoms with Gasteiger partial charge in [-0.25, -0.2) is 0 Å². The standard InChI is InChI=1S/C24H26F3NO6/c1-31-16-9-18(29)23(21(10-16)32-2)17(14-5-6-19-20(8-14)34-13-33-19)11-22(30)28-7-3-4-15(12-28)24(25,26)27/h5-6,8-10,15,17,29H,3-4,7,11-13H2,1-2H3. The summed E-state index contributed by atoms with van der Waals surface area (Å²) in [4.78, 5) is 14.5. The minimum absolute atomic E-state index is 0.00591. The zero-order chi connectivity index (χ0) is 24.5. The highest BCUT2D eigenvalue weighted by Crippen LogP contribution is 2.45. The molecule has 1 fully saturated rings. The molecule has 4 rings (SSSR count). The molecule has 10 heteroatoms. The average Bonchev–Trinajstić information content (AvgIpc) is 3.29. The fourth-order valence-corrected chi connectivity index (χ4v) is 4.52. The number of aromatic hydroxyl groups is 1. The Morgan fingerprint density at radius 1 is 1.18 bits per heavy atom. The van der Waals surface area contributed by atoms with E-state index in [9.17, 15) is 23.1 Å². The maximum absolute atomic E-state index is 13.3. The molecule has 2 aliphatic rings. The van der Waals surface area contributed by atoms with Crippen molar-refractivity contribution in [3.63, 3.8) is 0 Å². The van der Waals surface area contributed by atoms with Crippen LogP contribution in [0.1, 0.15) is 36.3 Å². The van der Waals surface area contributed by atoms with Gasteiger partial charge in [-0.3, -0.25) is 4.79 Å². The zero-order valence-electron chi connectivity index (χ0n) is 18.9. The first kappa shape index (κ1) is 23.8. The zero-order valence-corrected chi connectivity index (χ0v) is 18.9. The van der Waals surface area contributed by atoms with Crippen LogP contribution < -0.4 is 18.9 Å². The Morgan fingerprint density at radius 3 is 2.65 bits per heavy atom. The molecule has 0 spiro atoms. The van der Waals surface area contributed by atoms with Gasteiger partial charge in [-0.2, -0.15) is 13.2 Å². The molecule has 2 aromatic carbocycles. The number of carbonyl (C=O) groups excluding carboxylic acids is 1. The average molecular weight is 481 g/mol. The topological polar surface area (TPSA) is 77.5 Å². The maximum Gasteiger partial charge on any atom is 0.393 e. The Labute approximate surface area is 195 Å². The first-order valence-electron chi connectivity index (χ1n) is 10.9. The summed E-state index contributed by atoms with van der Waals surface area (Å²) in [5.74, 6) is -1.17. The highest BCUT2D eigenvalue weighted by Gasteiger charge is 2.43. The number of ether oxygens (including phenoxy) is 4. The van der Waals surface area contributed by atoms with Crippen LogP contribution in [0.4, 0.5) is 13.2 Å². The normalized spacial score (nSPS) is 18.5. The Kier molecular flexibility index (Phi) is 6.67. The Morgan fingerprint density at radius 2 is 1.94 bits per heavy atom. The van der Waals surface area contributed by atoms with Gasteiger partial charge in [0.2, 0.25) is 12.7 Å². The number of phenols is 1. The van der Waals surface area contributed by atoms with Crippen LogP contribution in [-0.2, 0) is 4.79 Å². The number of hydrogen-bond donors (Lipinski definition) is 1. The monoisotopic (exact) mass is 481 g/mol. The Bertz CT molecular complexity index is 1060. The smallest absolute Gasteiger partial charge is 0.393 e. The molecular formula is C24H26F3NO6. The lowest BCUT2D eigenvalue weighted by molar-refractivity contribution is -0.188. The van der Waals surface area contributed by atoms with E-state index in [1.165, 1.54) is 25.2 Å². The molecule has 0 aromatic heterocycles. The van der Waals surface area contributed by atoms with Crippen molar-refractivity contribution in [2.45, 2.75) is 31.4 Å². The van der Waals surface area contributed by atoms with Crippen LogP contribution in [0.5, 0.6) is 28.7 Å². The second-order valence-corrected chi connectivity index (χ2v) is 8.35. The van der Waals surface area contributed by atoms with E-state index in [0.717, 1.165) is 0 Å². The minimum atomic E-state index is -4.35. The van der Waals surface area contributed by atoms with Crippen molar-refractivity contribution in [3.8, 4) is 28.7 Å². The van der Waals surface area contributed by atoms with Gasteiger partial charge in [0.25, 0.3) is 0 Å². The van der Waals surface area contributed by atoms with Crippen molar-refractivity contribution in [2.24, 2.45) is 5.92 Å². The molecule has 1 saturated heterocycles. The van der Waals surface area contributed by atoms with Gasteiger partial charge >= 0.3 is 6.18 Å². The second kappa shape index (κ2) is 9.52. The third kappa shape index (κ3) is 4.80. The molecule has 1 amide bonds. The van der Waals surface area contributed by atoms with Gasteiger partial charge in [-0.1, -0.05) is 6.07 Å². The van der Waals surface area contributed by atoms with Crippen LogP contribution in [0.2, 0.25) is 0 Å². The van der Waals surface area contributed by atoms with E-state index in [1.807, 2.05) is 0 Å². The quantitative estimate of drug-likeness (QED) is 0.657. The fourth-order valence-electron chi connectivity index (χ4n) is 4.52. The molecule has 184 valence electrons. The third-order valence-corrected chi connectivity index (χ3v) is 6.31. The number of rotatable bonds is 6. The Balaban J connectivity index is 1.70. The lowest BCUT2D eigenvalue weighted by atomic mass is 9.86. The number of methoxy groups -OCH3 is 2. The van der Waals surface area contributed by atoms with Gasteiger partial charge in [0.1, 0.15) is 17.2 Å². The number of fused-ring (bicyclic) bond motifs is 1. The molecule has 0 aliphatic carbocycles. The van der Waals surface area contributed by atoms with Gasteiger partial charge in [0.05, 0.1) is 20.1 Å². The van der Waals surface area contributed by atoms with Crippen LogP contribution in [0.3, 0.4) is 0 Å². The predicted octanol–water partition coefficient (Wildman–Crippen LogP) is 4.46. The van der Waals surface area contributed by atoms with E-state index in [-0.39, 0.29) is 44.9 Å². The van der Waals surface area contributed by atoms with Gasteiger partial charge in [-0.15, -0.1) is 0 Å². The fraction of sp³-hybridized carbons (Fsp3) is 0.458. The molecule has 0 bridgehead atoms. The molecule has 7 nitrogen and oxygen atoms in total. The molecule has 1 N–H and O–H groups in total. The number of phenolic OH excluding ortho intramolecular Hbond substituents is 1. The number of benzene rings is 2.